The molecule has 1 atom stereocenters. The third-order valence-electron chi connectivity index (χ3n) is 4.26. The largest absolute Gasteiger partial charge is 0.378 e. The second-order valence-electron chi connectivity index (χ2n) is 5.60. The average Bonchev–Trinajstić information content (AvgIpc) is 2.68. The van der Waals surface area contributed by atoms with Crippen molar-refractivity contribution in [2.45, 2.75) is 31.7 Å². The molecule has 0 aromatic carbocycles. The van der Waals surface area contributed by atoms with E-state index in [1.807, 2.05) is 0 Å². The van der Waals surface area contributed by atoms with Crippen LogP contribution in [0.1, 0.15) is 25.7 Å². The predicted octanol–water partition coefficient (Wildman–Crippen LogP) is 0.851. The maximum atomic E-state index is 5.48. The molecule has 3 nitrogen and oxygen atoms in total. The van der Waals surface area contributed by atoms with Crippen LogP contribution in [0.5, 0.6) is 0 Å². The van der Waals surface area contributed by atoms with Gasteiger partial charge in [-0.3, -0.25) is 0 Å². The first-order chi connectivity index (χ1) is 7.36. The molecule has 2 heterocycles. The lowest BCUT2D eigenvalue weighted by Crippen LogP contribution is -2.59. The standard InChI is InChI=1S/C12H22N2O/c1-2-4-12(3-1)9-14(10-12)7-11-8-15-6-5-13-11/h11,13H,1-10H2. The van der Waals surface area contributed by atoms with Crippen molar-refractivity contribution in [2.75, 3.05) is 39.4 Å². The van der Waals surface area contributed by atoms with Crippen LogP contribution in [0.4, 0.5) is 0 Å². The minimum atomic E-state index is 0.581. The third kappa shape index (κ3) is 2.05. The second-order valence-corrected chi connectivity index (χ2v) is 5.60. The number of ether oxygens (including phenoxy) is 1. The molecule has 3 fully saturated rings. The van der Waals surface area contributed by atoms with Crippen molar-refractivity contribution in [1.82, 2.24) is 10.2 Å². The molecular formula is C12H22N2O. The molecule has 0 aromatic rings. The van der Waals surface area contributed by atoms with E-state index in [0.717, 1.165) is 25.2 Å². The summed E-state index contributed by atoms with van der Waals surface area (Å²) >= 11 is 0. The van der Waals surface area contributed by atoms with Gasteiger partial charge in [0.1, 0.15) is 0 Å². The molecule has 3 aliphatic rings. The molecule has 1 spiro atoms. The first-order valence-corrected chi connectivity index (χ1v) is 6.40. The van der Waals surface area contributed by atoms with Gasteiger partial charge < -0.3 is 15.0 Å². The van der Waals surface area contributed by atoms with Gasteiger partial charge in [-0.25, -0.2) is 0 Å². The second kappa shape index (κ2) is 4.04. The van der Waals surface area contributed by atoms with Crippen LogP contribution >= 0.6 is 0 Å². The van der Waals surface area contributed by atoms with E-state index in [9.17, 15) is 0 Å². The lowest BCUT2D eigenvalue weighted by Gasteiger charge is -2.49. The summed E-state index contributed by atoms with van der Waals surface area (Å²) in [6.45, 7) is 6.73. The zero-order valence-electron chi connectivity index (χ0n) is 9.50. The first-order valence-electron chi connectivity index (χ1n) is 6.40. The molecule has 0 bridgehead atoms. The van der Waals surface area contributed by atoms with Gasteiger partial charge in [-0.15, -0.1) is 0 Å². The third-order valence-corrected chi connectivity index (χ3v) is 4.26. The predicted molar refractivity (Wildman–Crippen MR) is 60.0 cm³/mol. The number of morpholine rings is 1. The van der Waals surface area contributed by atoms with Gasteiger partial charge in [0.15, 0.2) is 0 Å². The zero-order valence-corrected chi connectivity index (χ0v) is 9.50. The van der Waals surface area contributed by atoms with Crippen LogP contribution < -0.4 is 5.32 Å². The summed E-state index contributed by atoms with van der Waals surface area (Å²) < 4.78 is 5.48. The Balaban J connectivity index is 1.43. The Bertz CT molecular complexity index is 212. The van der Waals surface area contributed by atoms with Crippen molar-refractivity contribution in [3.05, 3.63) is 0 Å². The number of hydrogen-bond donors (Lipinski definition) is 1. The lowest BCUT2D eigenvalue weighted by atomic mass is 9.78. The fourth-order valence-electron chi connectivity index (χ4n) is 3.52. The Kier molecular flexibility index (Phi) is 2.71. The van der Waals surface area contributed by atoms with E-state index in [1.54, 1.807) is 0 Å². The van der Waals surface area contributed by atoms with Crippen LogP contribution in [0.3, 0.4) is 0 Å². The van der Waals surface area contributed by atoms with Gasteiger partial charge in [0, 0.05) is 32.2 Å². The first kappa shape index (κ1) is 10.1. The summed E-state index contributed by atoms with van der Waals surface area (Å²) in [6.07, 6.45) is 5.91. The molecule has 1 unspecified atom stereocenters. The van der Waals surface area contributed by atoms with Crippen LogP contribution in [0.2, 0.25) is 0 Å². The molecule has 0 radical (unpaired) electrons. The van der Waals surface area contributed by atoms with Crippen molar-refractivity contribution in [1.29, 1.82) is 0 Å². The molecule has 1 aliphatic carbocycles. The summed E-state index contributed by atoms with van der Waals surface area (Å²) in [6, 6.07) is 0.581. The number of likely N-dealkylation sites (tertiary alicyclic amines) is 1. The van der Waals surface area contributed by atoms with Crippen LogP contribution in [0.25, 0.3) is 0 Å². The highest BCUT2D eigenvalue weighted by molar-refractivity contribution is 4.98. The lowest BCUT2D eigenvalue weighted by molar-refractivity contribution is -0.0180. The number of nitrogens with one attached hydrogen (secondary N) is 1. The summed E-state index contributed by atoms with van der Waals surface area (Å²) in [5, 5.41) is 3.53. The Morgan fingerprint density at radius 2 is 2.07 bits per heavy atom. The highest BCUT2D eigenvalue weighted by Crippen LogP contribution is 2.45. The summed E-state index contributed by atoms with van der Waals surface area (Å²) in [5.74, 6) is 0. The molecule has 3 heteroatoms. The van der Waals surface area contributed by atoms with Crippen LogP contribution in [-0.4, -0.2) is 50.3 Å². The minimum absolute atomic E-state index is 0.581. The maximum Gasteiger partial charge on any atom is 0.0632 e. The smallest absolute Gasteiger partial charge is 0.0632 e. The van der Waals surface area contributed by atoms with E-state index < -0.39 is 0 Å². The quantitative estimate of drug-likeness (QED) is 0.731. The molecule has 86 valence electrons. The molecule has 3 rings (SSSR count). The molecule has 0 amide bonds. The van der Waals surface area contributed by atoms with Gasteiger partial charge in [-0.1, -0.05) is 12.8 Å². The van der Waals surface area contributed by atoms with Crippen molar-refractivity contribution in [2.24, 2.45) is 5.41 Å². The number of rotatable bonds is 2. The molecule has 0 aromatic heterocycles. The summed E-state index contributed by atoms with van der Waals surface area (Å²) in [4.78, 5) is 2.61. The van der Waals surface area contributed by atoms with E-state index in [4.69, 9.17) is 4.74 Å². The molecule has 15 heavy (non-hydrogen) atoms. The minimum Gasteiger partial charge on any atom is -0.378 e. The van der Waals surface area contributed by atoms with Crippen LogP contribution in [-0.2, 0) is 4.74 Å². The number of hydrogen-bond acceptors (Lipinski definition) is 3. The van der Waals surface area contributed by atoms with E-state index >= 15 is 0 Å². The van der Waals surface area contributed by atoms with Gasteiger partial charge in [-0.05, 0) is 18.3 Å². The fourth-order valence-corrected chi connectivity index (χ4v) is 3.52. The van der Waals surface area contributed by atoms with E-state index in [0.29, 0.717) is 6.04 Å². The molecule has 1 N–H and O–H groups in total. The van der Waals surface area contributed by atoms with Crippen molar-refractivity contribution in [3.63, 3.8) is 0 Å². The monoisotopic (exact) mass is 210 g/mol. The Labute approximate surface area is 92.2 Å². The molecule has 1 saturated carbocycles. The van der Waals surface area contributed by atoms with E-state index in [-0.39, 0.29) is 0 Å². The number of nitrogens with zero attached hydrogens (tertiary/aromatic N) is 1. The topological polar surface area (TPSA) is 24.5 Å². The normalized spacial score (nSPS) is 35.6. The highest BCUT2D eigenvalue weighted by Gasteiger charge is 2.44. The van der Waals surface area contributed by atoms with E-state index in [1.165, 1.54) is 45.3 Å². The summed E-state index contributed by atoms with van der Waals surface area (Å²) in [5.41, 5.74) is 0.746. The van der Waals surface area contributed by atoms with Gasteiger partial charge in [-0.2, -0.15) is 0 Å². The van der Waals surface area contributed by atoms with Gasteiger partial charge in [0.2, 0.25) is 0 Å². The zero-order chi connectivity index (χ0) is 10.1. The summed E-state index contributed by atoms with van der Waals surface area (Å²) in [7, 11) is 0. The SMILES string of the molecule is C1CCC2(C1)CN(CC1COCCN1)C2. The molecule has 2 saturated heterocycles. The fraction of sp³-hybridized carbons (Fsp3) is 1.00. The molecular weight excluding hydrogens is 188 g/mol. The Hall–Kier alpha value is -0.120. The van der Waals surface area contributed by atoms with Gasteiger partial charge in [0.05, 0.1) is 13.2 Å². The Morgan fingerprint density at radius 1 is 1.27 bits per heavy atom. The van der Waals surface area contributed by atoms with Crippen LogP contribution in [0, 0.1) is 5.41 Å². The average molecular weight is 210 g/mol. The maximum absolute atomic E-state index is 5.48. The highest BCUT2D eigenvalue weighted by atomic mass is 16.5. The van der Waals surface area contributed by atoms with Gasteiger partial charge in [0.25, 0.3) is 0 Å². The molecule has 2 aliphatic heterocycles. The Morgan fingerprint density at radius 3 is 2.73 bits per heavy atom. The van der Waals surface area contributed by atoms with Crippen molar-refractivity contribution < 1.29 is 4.74 Å². The van der Waals surface area contributed by atoms with Crippen molar-refractivity contribution >= 4 is 0 Å². The van der Waals surface area contributed by atoms with Crippen molar-refractivity contribution in [3.8, 4) is 0 Å². The van der Waals surface area contributed by atoms with Crippen LogP contribution in [0.15, 0.2) is 0 Å². The van der Waals surface area contributed by atoms with Gasteiger partial charge >= 0.3 is 0 Å². The van der Waals surface area contributed by atoms with E-state index in [2.05, 4.69) is 10.2 Å².